The molecule has 0 saturated heterocycles. The van der Waals surface area contributed by atoms with Gasteiger partial charge in [0.25, 0.3) is 5.56 Å². The van der Waals surface area contributed by atoms with E-state index >= 15 is 0 Å². The second kappa shape index (κ2) is 5.80. The fourth-order valence-electron chi connectivity index (χ4n) is 2.43. The van der Waals surface area contributed by atoms with Crippen LogP contribution >= 0.6 is 11.8 Å². The molecule has 0 bridgehead atoms. The minimum Gasteiger partial charge on any atom is -0.384 e. The van der Waals surface area contributed by atoms with Crippen LogP contribution in [0.4, 0.5) is 0 Å². The summed E-state index contributed by atoms with van der Waals surface area (Å²) in [7, 11) is 0. The molecule has 1 aliphatic rings. The molecule has 118 valence electrons. The van der Waals surface area contributed by atoms with Gasteiger partial charge in [-0.1, -0.05) is 11.8 Å². The molecule has 3 heterocycles. The van der Waals surface area contributed by atoms with Gasteiger partial charge in [-0.15, -0.1) is 0 Å². The molecule has 23 heavy (non-hydrogen) atoms. The zero-order valence-corrected chi connectivity index (χ0v) is 13.7. The van der Waals surface area contributed by atoms with Crippen molar-refractivity contribution in [2.24, 2.45) is 0 Å². The minimum absolute atomic E-state index is 0.0362. The molecule has 6 nitrogen and oxygen atoms in total. The van der Waals surface area contributed by atoms with E-state index in [2.05, 4.69) is 9.97 Å². The van der Waals surface area contributed by atoms with Crippen LogP contribution in [0.2, 0.25) is 0 Å². The van der Waals surface area contributed by atoms with Crippen LogP contribution in [-0.4, -0.2) is 25.4 Å². The summed E-state index contributed by atoms with van der Waals surface area (Å²) in [6, 6.07) is 5.39. The van der Waals surface area contributed by atoms with Crippen LogP contribution in [0, 0.1) is 11.3 Å². The van der Waals surface area contributed by atoms with Gasteiger partial charge in [-0.3, -0.25) is 14.3 Å². The smallest absolute Gasteiger partial charge is 0.272 e. The van der Waals surface area contributed by atoms with Gasteiger partial charge in [-0.2, -0.15) is 5.26 Å². The van der Waals surface area contributed by atoms with Crippen LogP contribution in [0.5, 0.6) is 0 Å². The van der Waals surface area contributed by atoms with Gasteiger partial charge in [-0.05, 0) is 32.4 Å². The number of thioether (sulfide) groups is 1. The van der Waals surface area contributed by atoms with Crippen molar-refractivity contribution in [1.29, 1.82) is 5.26 Å². The first-order valence-electron chi connectivity index (χ1n) is 7.29. The number of rotatable bonds is 2. The Morgan fingerprint density at radius 3 is 2.83 bits per heavy atom. The highest BCUT2D eigenvalue weighted by atomic mass is 32.2. The summed E-state index contributed by atoms with van der Waals surface area (Å²) in [6.07, 6.45) is 2.44. The topological polar surface area (TPSA) is 91.8 Å². The Morgan fingerprint density at radius 1 is 1.43 bits per heavy atom. The Labute approximate surface area is 137 Å². The quantitative estimate of drug-likeness (QED) is 0.847. The third-order valence-corrected chi connectivity index (χ3v) is 4.73. The van der Waals surface area contributed by atoms with Gasteiger partial charge in [0.15, 0.2) is 5.16 Å². The lowest BCUT2D eigenvalue weighted by atomic mass is 10.0. The molecule has 1 aliphatic heterocycles. The average Bonchev–Trinajstić information content (AvgIpc) is 2.54. The van der Waals surface area contributed by atoms with E-state index in [1.807, 2.05) is 6.07 Å². The molecule has 0 radical (unpaired) electrons. The number of fused-ring (bicyclic) bond motifs is 1. The second-order valence-corrected chi connectivity index (χ2v) is 6.94. The lowest BCUT2D eigenvalue weighted by Crippen LogP contribution is -2.29. The molecule has 0 amide bonds. The van der Waals surface area contributed by atoms with E-state index in [-0.39, 0.29) is 11.1 Å². The van der Waals surface area contributed by atoms with Gasteiger partial charge in [-0.25, -0.2) is 4.98 Å². The van der Waals surface area contributed by atoms with Crippen LogP contribution in [0.1, 0.15) is 31.5 Å². The van der Waals surface area contributed by atoms with E-state index in [0.29, 0.717) is 28.7 Å². The van der Waals surface area contributed by atoms with E-state index < -0.39 is 5.60 Å². The number of hydrogen-bond acceptors (Lipinski definition) is 6. The summed E-state index contributed by atoms with van der Waals surface area (Å²) in [6.45, 7) is 3.89. The molecule has 2 aromatic rings. The zero-order valence-electron chi connectivity index (χ0n) is 12.9. The van der Waals surface area contributed by atoms with Crippen molar-refractivity contribution in [3.63, 3.8) is 0 Å². The Hall–Kier alpha value is -2.17. The van der Waals surface area contributed by atoms with Gasteiger partial charge in [0.05, 0.1) is 11.4 Å². The molecule has 0 aliphatic carbocycles. The van der Waals surface area contributed by atoms with Crippen molar-refractivity contribution in [2.75, 3.05) is 5.75 Å². The SMILES string of the molecule is CC(C)(O)c1ccc(-c2nc3n(c(=O)c2C#N)CCCS3)cn1. The normalized spacial score (nSPS) is 14.2. The highest BCUT2D eigenvalue weighted by molar-refractivity contribution is 7.99. The second-order valence-electron chi connectivity index (χ2n) is 5.88. The standard InChI is InChI=1S/C16H16N4O2S/c1-16(2,22)12-5-4-10(9-18-12)13-11(8-17)14(21)20-6-3-7-23-15(20)19-13/h4-5,9,22H,3,6-7H2,1-2H3. The molecule has 2 aromatic heterocycles. The summed E-state index contributed by atoms with van der Waals surface area (Å²) >= 11 is 1.52. The van der Waals surface area contributed by atoms with Crippen LogP contribution in [0.15, 0.2) is 28.3 Å². The van der Waals surface area contributed by atoms with Gasteiger partial charge in [0.2, 0.25) is 0 Å². The predicted octanol–water partition coefficient (Wildman–Crippen LogP) is 1.90. The van der Waals surface area contributed by atoms with E-state index in [1.54, 1.807) is 36.7 Å². The van der Waals surface area contributed by atoms with Gasteiger partial charge in [0, 0.05) is 24.1 Å². The Morgan fingerprint density at radius 2 is 2.22 bits per heavy atom. The monoisotopic (exact) mass is 328 g/mol. The number of nitriles is 1. The van der Waals surface area contributed by atoms with Crippen LogP contribution in [0.3, 0.4) is 0 Å². The first kappa shape index (κ1) is 15.7. The Bertz CT molecular complexity index is 845. The molecule has 3 rings (SSSR count). The molecular formula is C16H16N4O2S. The first-order valence-corrected chi connectivity index (χ1v) is 8.27. The maximum Gasteiger partial charge on any atom is 0.272 e. The van der Waals surface area contributed by atoms with Crippen molar-refractivity contribution >= 4 is 11.8 Å². The van der Waals surface area contributed by atoms with E-state index in [1.165, 1.54) is 11.8 Å². The fraction of sp³-hybridized carbons (Fsp3) is 0.375. The zero-order chi connectivity index (χ0) is 16.6. The third kappa shape index (κ3) is 2.87. The number of hydrogen-bond donors (Lipinski definition) is 1. The van der Waals surface area contributed by atoms with Crippen molar-refractivity contribution in [3.05, 3.63) is 39.9 Å². The van der Waals surface area contributed by atoms with Crippen molar-refractivity contribution in [1.82, 2.24) is 14.5 Å². The molecular weight excluding hydrogens is 312 g/mol. The van der Waals surface area contributed by atoms with Crippen LogP contribution in [-0.2, 0) is 12.1 Å². The predicted molar refractivity (Wildman–Crippen MR) is 87.0 cm³/mol. The number of pyridine rings is 1. The minimum atomic E-state index is -1.05. The molecule has 0 fully saturated rings. The Kier molecular flexibility index (Phi) is 3.96. The largest absolute Gasteiger partial charge is 0.384 e. The van der Waals surface area contributed by atoms with Gasteiger partial charge >= 0.3 is 0 Å². The maximum atomic E-state index is 12.5. The average molecular weight is 328 g/mol. The molecule has 0 saturated carbocycles. The van der Waals surface area contributed by atoms with Gasteiger partial charge < -0.3 is 5.11 Å². The Balaban J connectivity index is 2.15. The molecule has 0 spiro atoms. The number of aliphatic hydroxyl groups is 1. The fourth-order valence-corrected chi connectivity index (χ4v) is 3.38. The lowest BCUT2D eigenvalue weighted by molar-refractivity contribution is 0.0739. The number of aromatic nitrogens is 3. The molecule has 7 heteroatoms. The first-order chi connectivity index (χ1) is 10.9. The summed E-state index contributed by atoms with van der Waals surface area (Å²) < 4.78 is 1.56. The van der Waals surface area contributed by atoms with E-state index in [0.717, 1.165) is 12.2 Å². The third-order valence-electron chi connectivity index (χ3n) is 3.67. The molecule has 0 aromatic carbocycles. The van der Waals surface area contributed by atoms with Crippen LogP contribution in [0.25, 0.3) is 11.3 Å². The lowest BCUT2D eigenvalue weighted by Gasteiger charge is -2.19. The summed E-state index contributed by atoms with van der Waals surface area (Å²) in [5.74, 6) is 0.910. The van der Waals surface area contributed by atoms with Crippen molar-refractivity contribution < 1.29 is 5.11 Å². The van der Waals surface area contributed by atoms with Crippen molar-refractivity contribution in [3.8, 4) is 17.3 Å². The summed E-state index contributed by atoms with van der Waals surface area (Å²) in [5, 5.41) is 20.0. The highest BCUT2D eigenvalue weighted by Gasteiger charge is 2.22. The molecule has 1 N–H and O–H groups in total. The van der Waals surface area contributed by atoms with Gasteiger partial charge in [0.1, 0.15) is 17.2 Å². The van der Waals surface area contributed by atoms with E-state index in [9.17, 15) is 15.2 Å². The summed E-state index contributed by atoms with van der Waals surface area (Å²) in [4.78, 5) is 21.2. The molecule has 0 unspecified atom stereocenters. The molecule has 0 atom stereocenters. The van der Waals surface area contributed by atoms with Crippen LogP contribution < -0.4 is 5.56 Å². The summed E-state index contributed by atoms with van der Waals surface area (Å²) in [5.41, 5.74) is 0.160. The van der Waals surface area contributed by atoms with E-state index in [4.69, 9.17) is 0 Å². The maximum absolute atomic E-state index is 12.5. The van der Waals surface area contributed by atoms with Crippen molar-refractivity contribution in [2.45, 2.75) is 37.6 Å². The number of nitrogens with zero attached hydrogens (tertiary/aromatic N) is 4. The highest BCUT2D eigenvalue weighted by Crippen LogP contribution is 2.27.